The van der Waals surface area contributed by atoms with Crippen molar-refractivity contribution in [3.05, 3.63) is 81.8 Å². The van der Waals surface area contributed by atoms with Crippen molar-refractivity contribution in [1.82, 2.24) is 5.32 Å². The molecule has 2 atom stereocenters. The summed E-state index contributed by atoms with van der Waals surface area (Å²) in [4.78, 5) is 1.18. The normalized spacial score (nSPS) is 20.1. The van der Waals surface area contributed by atoms with Gasteiger partial charge >= 0.3 is 0 Å². The first kappa shape index (κ1) is 19.3. The van der Waals surface area contributed by atoms with Gasteiger partial charge in [0.1, 0.15) is 11.9 Å². The standard InChI is InChI=1S/C24H21Cl2NOS/c25-17-6-7-18(21(26)12-17)16-10-19-20-13-27-9-8-22(20)28-24(19)23(11-16)29-14-15-4-2-1-3-5-15/h1-7,10-12,20,22,27H,8-9,13-14H2. The highest BCUT2D eigenvalue weighted by Gasteiger charge is 2.38. The Labute approximate surface area is 185 Å². The van der Waals surface area contributed by atoms with Crippen LogP contribution in [-0.2, 0) is 5.75 Å². The number of ether oxygens (including phenoxy) is 1. The molecule has 0 aromatic heterocycles. The first-order valence-electron chi connectivity index (χ1n) is 9.86. The predicted octanol–water partition coefficient (Wildman–Crippen LogP) is 6.79. The lowest BCUT2D eigenvalue weighted by Gasteiger charge is -2.24. The van der Waals surface area contributed by atoms with Gasteiger partial charge in [0.2, 0.25) is 0 Å². The smallest absolute Gasteiger partial charge is 0.137 e. The van der Waals surface area contributed by atoms with Crippen molar-refractivity contribution in [3.8, 4) is 16.9 Å². The van der Waals surface area contributed by atoms with Crippen LogP contribution in [0.4, 0.5) is 0 Å². The monoisotopic (exact) mass is 441 g/mol. The van der Waals surface area contributed by atoms with Gasteiger partial charge < -0.3 is 10.1 Å². The van der Waals surface area contributed by atoms with Gasteiger partial charge in [-0.3, -0.25) is 0 Å². The molecule has 0 saturated carbocycles. The number of thioether (sulfide) groups is 1. The van der Waals surface area contributed by atoms with E-state index in [1.54, 1.807) is 0 Å². The largest absolute Gasteiger partial charge is 0.488 e. The summed E-state index contributed by atoms with van der Waals surface area (Å²) in [5.74, 6) is 2.35. The average Bonchev–Trinajstić information content (AvgIpc) is 3.11. The fourth-order valence-corrected chi connectivity index (χ4v) is 5.72. The van der Waals surface area contributed by atoms with Crippen molar-refractivity contribution >= 4 is 35.0 Å². The third-order valence-electron chi connectivity index (χ3n) is 5.65. The highest BCUT2D eigenvalue weighted by Crippen LogP contribution is 2.49. The lowest BCUT2D eigenvalue weighted by atomic mass is 9.89. The van der Waals surface area contributed by atoms with Gasteiger partial charge in [-0.2, -0.15) is 0 Å². The molecule has 1 N–H and O–H groups in total. The summed E-state index contributed by atoms with van der Waals surface area (Å²) in [5.41, 5.74) is 4.72. The van der Waals surface area contributed by atoms with Crippen molar-refractivity contribution in [2.45, 2.75) is 29.1 Å². The van der Waals surface area contributed by atoms with Crippen LogP contribution >= 0.6 is 35.0 Å². The summed E-state index contributed by atoms with van der Waals surface area (Å²) in [7, 11) is 0. The molecule has 5 rings (SSSR count). The van der Waals surface area contributed by atoms with Crippen molar-refractivity contribution < 1.29 is 4.74 Å². The minimum absolute atomic E-state index is 0.262. The van der Waals surface area contributed by atoms with E-state index in [0.717, 1.165) is 42.1 Å². The van der Waals surface area contributed by atoms with Crippen molar-refractivity contribution in [2.75, 3.05) is 13.1 Å². The van der Waals surface area contributed by atoms with Crippen molar-refractivity contribution in [3.63, 3.8) is 0 Å². The van der Waals surface area contributed by atoms with Crippen LogP contribution in [0.2, 0.25) is 10.0 Å². The lowest BCUT2D eigenvalue weighted by molar-refractivity contribution is 0.169. The minimum Gasteiger partial charge on any atom is -0.488 e. The summed E-state index contributed by atoms with van der Waals surface area (Å²) < 4.78 is 6.46. The second kappa shape index (κ2) is 8.23. The number of benzene rings is 3. The molecule has 0 aliphatic carbocycles. The van der Waals surface area contributed by atoms with E-state index in [1.807, 2.05) is 30.0 Å². The van der Waals surface area contributed by atoms with Gasteiger partial charge in [-0.15, -0.1) is 11.8 Å². The van der Waals surface area contributed by atoms with E-state index in [4.69, 9.17) is 27.9 Å². The molecule has 2 heterocycles. The molecule has 2 aliphatic heterocycles. The highest BCUT2D eigenvalue weighted by molar-refractivity contribution is 7.98. The molecule has 2 aliphatic rings. The molecule has 2 nitrogen and oxygen atoms in total. The Morgan fingerprint density at radius 1 is 1.03 bits per heavy atom. The summed E-state index contributed by atoms with van der Waals surface area (Å²) in [6, 6.07) is 20.7. The highest BCUT2D eigenvalue weighted by atomic mass is 35.5. The summed E-state index contributed by atoms with van der Waals surface area (Å²) >= 11 is 14.5. The fourth-order valence-electron chi connectivity index (χ4n) is 4.18. The van der Waals surface area contributed by atoms with E-state index < -0.39 is 0 Å². The lowest BCUT2D eigenvalue weighted by Crippen LogP contribution is -2.37. The topological polar surface area (TPSA) is 21.3 Å². The van der Waals surface area contributed by atoms with E-state index >= 15 is 0 Å². The molecule has 2 unspecified atom stereocenters. The molecule has 1 fully saturated rings. The SMILES string of the molecule is Clc1ccc(-c2cc(SCc3ccccc3)c3c(c2)C2CNCCC2O3)c(Cl)c1. The maximum absolute atomic E-state index is 6.54. The zero-order valence-electron chi connectivity index (χ0n) is 15.8. The zero-order chi connectivity index (χ0) is 19.8. The summed E-state index contributed by atoms with van der Waals surface area (Å²) in [5, 5.41) is 4.85. The Morgan fingerprint density at radius 3 is 2.72 bits per heavy atom. The average molecular weight is 442 g/mol. The molecule has 0 spiro atoms. The first-order chi connectivity index (χ1) is 14.2. The molecule has 1 saturated heterocycles. The van der Waals surface area contributed by atoms with E-state index in [0.29, 0.717) is 16.0 Å². The molecule has 0 bridgehead atoms. The Bertz CT molecular complexity index is 1040. The van der Waals surface area contributed by atoms with Crippen molar-refractivity contribution in [2.24, 2.45) is 0 Å². The third-order valence-corrected chi connectivity index (χ3v) is 7.29. The number of nitrogens with one attached hydrogen (secondary N) is 1. The number of piperidine rings is 1. The van der Waals surface area contributed by atoms with Crippen molar-refractivity contribution in [1.29, 1.82) is 0 Å². The minimum atomic E-state index is 0.262. The van der Waals surface area contributed by atoms with Gasteiger partial charge in [-0.25, -0.2) is 0 Å². The van der Waals surface area contributed by atoms with Crippen LogP contribution < -0.4 is 10.1 Å². The molecule has 0 radical (unpaired) electrons. The quantitative estimate of drug-likeness (QED) is 0.450. The van der Waals surface area contributed by atoms with Crippen LogP contribution in [-0.4, -0.2) is 19.2 Å². The molecular formula is C24H21Cl2NOS. The van der Waals surface area contributed by atoms with Gasteiger partial charge in [-0.05, 0) is 48.4 Å². The molecule has 5 heteroatoms. The Hall–Kier alpha value is -1.65. The third kappa shape index (κ3) is 3.89. The maximum atomic E-state index is 6.54. The molecule has 3 aromatic carbocycles. The first-order valence-corrected chi connectivity index (χ1v) is 11.6. The van der Waals surface area contributed by atoms with E-state index in [9.17, 15) is 0 Å². The van der Waals surface area contributed by atoms with E-state index in [2.05, 4.69) is 47.8 Å². The maximum Gasteiger partial charge on any atom is 0.137 e. The zero-order valence-corrected chi connectivity index (χ0v) is 18.2. The van der Waals surface area contributed by atoms with Gasteiger partial charge in [0, 0.05) is 39.4 Å². The van der Waals surface area contributed by atoms with Crippen LogP contribution in [0.25, 0.3) is 11.1 Å². The molecule has 29 heavy (non-hydrogen) atoms. The van der Waals surface area contributed by atoms with E-state index in [1.165, 1.54) is 16.0 Å². The number of fused-ring (bicyclic) bond motifs is 3. The Kier molecular flexibility index (Phi) is 5.49. The van der Waals surface area contributed by atoms with Crippen LogP contribution in [0.1, 0.15) is 23.5 Å². The molecule has 148 valence electrons. The van der Waals surface area contributed by atoms with Crippen LogP contribution in [0.15, 0.2) is 65.6 Å². The fraction of sp³-hybridized carbons (Fsp3) is 0.250. The molecule has 0 amide bonds. The van der Waals surface area contributed by atoms with Crippen LogP contribution in [0, 0.1) is 0 Å². The second-order valence-corrected chi connectivity index (χ2v) is 9.41. The summed E-state index contributed by atoms with van der Waals surface area (Å²) in [6.45, 7) is 1.97. The predicted molar refractivity (Wildman–Crippen MR) is 123 cm³/mol. The number of halogens is 2. The van der Waals surface area contributed by atoms with Gasteiger partial charge in [0.15, 0.2) is 0 Å². The van der Waals surface area contributed by atoms with E-state index in [-0.39, 0.29) is 6.10 Å². The Morgan fingerprint density at radius 2 is 1.90 bits per heavy atom. The molecule has 3 aromatic rings. The second-order valence-electron chi connectivity index (χ2n) is 7.55. The summed E-state index contributed by atoms with van der Waals surface area (Å²) in [6.07, 6.45) is 1.30. The van der Waals surface area contributed by atoms with Crippen LogP contribution in [0.5, 0.6) is 5.75 Å². The number of rotatable bonds is 4. The number of hydrogen-bond donors (Lipinski definition) is 1. The Balaban J connectivity index is 1.56. The van der Waals surface area contributed by atoms with Gasteiger partial charge in [-0.1, -0.05) is 59.6 Å². The molecular weight excluding hydrogens is 421 g/mol. The van der Waals surface area contributed by atoms with Gasteiger partial charge in [0.05, 0.1) is 4.90 Å². The van der Waals surface area contributed by atoms with Crippen LogP contribution in [0.3, 0.4) is 0 Å². The number of hydrogen-bond acceptors (Lipinski definition) is 3. The van der Waals surface area contributed by atoms with Gasteiger partial charge in [0.25, 0.3) is 0 Å².